The molecule has 0 bridgehead atoms. The van der Waals surface area contributed by atoms with E-state index >= 15 is 0 Å². The molecule has 0 unspecified atom stereocenters. The lowest BCUT2D eigenvalue weighted by Crippen LogP contribution is -2.17. The highest BCUT2D eigenvalue weighted by molar-refractivity contribution is 7.07. The van der Waals surface area contributed by atoms with E-state index in [9.17, 15) is 5.11 Å². The summed E-state index contributed by atoms with van der Waals surface area (Å²) in [5.41, 5.74) is 4.38. The first-order chi connectivity index (χ1) is 10.8. The highest BCUT2D eigenvalue weighted by Crippen LogP contribution is 2.20. The summed E-state index contributed by atoms with van der Waals surface area (Å²) in [6.45, 7) is 2.70. The molecular formula is C18H18N2OS. The number of nitrogens with zero attached hydrogens (tertiary/aromatic N) is 2. The number of rotatable bonds is 4. The van der Waals surface area contributed by atoms with Crippen molar-refractivity contribution >= 4 is 17.0 Å². The maximum Gasteiger partial charge on any atom is 0.190 e. The minimum atomic E-state index is 0.0949. The highest BCUT2D eigenvalue weighted by atomic mass is 32.1. The van der Waals surface area contributed by atoms with Crippen molar-refractivity contribution in [1.29, 1.82) is 0 Å². The molecule has 0 saturated carbocycles. The first-order valence-corrected chi connectivity index (χ1v) is 8.12. The van der Waals surface area contributed by atoms with E-state index in [1.54, 1.807) is 11.3 Å². The van der Waals surface area contributed by atoms with E-state index in [0.29, 0.717) is 6.54 Å². The number of aryl methyl sites for hydroxylation is 1. The first kappa shape index (κ1) is 14.8. The van der Waals surface area contributed by atoms with Crippen molar-refractivity contribution in [2.75, 3.05) is 6.61 Å². The molecule has 3 aromatic rings. The third kappa shape index (κ3) is 3.18. The second-order valence-corrected chi connectivity index (χ2v) is 5.93. The van der Waals surface area contributed by atoms with E-state index < -0.39 is 0 Å². The van der Waals surface area contributed by atoms with Gasteiger partial charge in [0.2, 0.25) is 0 Å². The van der Waals surface area contributed by atoms with Gasteiger partial charge in [-0.05, 0) is 24.6 Å². The molecule has 3 rings (SSSR count). The van der Waals surface area contributed by atoms with E-state index in [0.717, 1.165) is 21.7 Å². The number of aliphatic hydroxyl groups excluding tert-OH is 1. The monoisotopic (exact) mass is 310 g/mol. The molecule has 0 aliphatic carbocycles. The maximum absolute atomic E-state index is 9.38. The minimum absolute atomic E-state index is 0.0949. The SMILES string of the molecule is Cc1ccc(N=c2scc(-c3ccccc3)n2CCO)cc1. The molecule has 0 saturated heterocycles. The molecular weight excluding hydrogens is 292 g/mol. The first-order valence-electron chi connectivity index (χ1n) is 7.24. The minimum Gasteiger partial charge on any atom is -0.395 e. The Balaban J connectivity index is 2.09. The quantitative estimate of drug-likeness (QED) is 0.783. The molecule has 0 fully saturated rings. The van der Waals surface area contributed by atoms with Crippen LogP contribution in [0.25, 0.3) is 11.3 Å². The zero-order chi connectivity index (χ0) is 15.4. The average molecular weight is 310 g/mol. The zero-order valence-electron chi connectivity index (χ0n) is 12.4. The third-order valence-electron chi connectivity index (χ3n) is 3.45. The van der Waals surface area contributed by atoms with Crippen LogP contribution in [-0.2, 0) is 6.54 Å². The van der Waals surface area contributed by atoms with Crippen molar-refractivity contribution in [2.24, 2.45) is 4.99 Å². The molecule has 4 heteroatoms. The Hall–Kier alpha value is -2.17. The molecule has 3 nitrogen and oxygen atoms in total. The van der Waals surface area contributed by atoms with E-state index in [4.69, 9.17) is 4.99 Å². The molecule has 1 N–H and O–H groups in total. The molecule has 0 aliphatic rings. The van der Waals surface area contributed by atoms with Gasteiger partial charge in [0.15, 0.2) is 4.80 Å². The van der Waals surface area contributed by atoms with E-state index in [1.165, 1.54) is 5.56 Å². The fraction of sp³-hybridized carbons (Fsp3) is 0.167. The normalized spacial score (nSPS) is 11.8. The Labute approximate surface area is 133 Å². The summed E-state index contributed by atoms with van der Waals surface area (Å²) in [5, 5.41) is 11.5. The van der Waals surface area contributed by atoms with E-state index in [2.05, 4.69) is 41.1 Å². The van der Waals surface area contributed by atoms with E-state index in [-0.39, 0.29) is 6.61 Å². The molecule has 2 aromatic carbocycles. The van der Waals surface area contributed by atoms with Crippen LogP contribution in [0.1, 0.15) is 5.56 Å². The Morgan fingerprint density at radius 1 is 1.05 bits per heavy atom. The number of aromatic nitrogens is 1. The highest BCUT2D eigenvalue weighted by Gasteiger charge is 2.07. The molecule has 0 aliphatic heterocycles. The second-order valence-electron chi connectivity index (χ2n) is 5.09. The summed E-state index contributed by atoms with van der Waals surface area (Å²) in [7, 11) is 0. The number of hydrogen-bond acceptors (Lipinski definition) is 3. The van der Waals surface area contributed by atoms with Crippen LogP contribution in [0, 0.1) is 6.92 Å². The van der Waals surface area contributed by atoms with Crippen molar-refractivity contribution < 1.29 is 5.11 Å². The van der Waals surface area contributed by atoms with Crippen molar-refractivity contribution in [3.63, 3.8) is 0 Å². The van der Waals surface area contributed by atoms with Crippen LogP contribution in [0.15, 0.2) is 65.0 Å². The van der Waals surface area contributed by atoms with Gasteiger partial charge >= 0.3 is 0 Å². The van der Waals surface area contributed by atoms with Gasteiger partial charge in [0, 0.05) is 11.9 Å². The van der Waals surface area contributed by atoms with Crippen LogP contribution < -0.4 is 4.80 Å². The maximum atomic E-state index is 9.38. The predicted molar refractivity (Wildman–Crippen MR) is 91.2 cm³/mol. The number of thiazole rings is 1. The van der Waals surface area contributed by atoms with Gasteiger partial charge in [0.1, 0.15) is 0 Å². The van der Waals surface area contributed by atoms with Crippen molar-refractivity contribution in [3.05, 3.63) is 70.3 Å². The van der Waals surface area contributed by atoms with E-state index in [1.807, 2.05) is 30.3 Å². The molecule has 0 spiro atoms. The number of benzene rings is 2. The van der Waals surface area contributed by atoms with Gasteiger partial charge in [-0.2, -0.15) is 0 Å². The zero-order valence-corrected chi connectivity index (χ0v) is 13.3. The molecule has 0 amide bonds. The summed E-state index contributed by atoms with van der Waals surface area (Å²) in [6.07, 6.45) is 0. The number of hydrogen-bond donors (Lipinski definition) is 1. The smallest absolute Gasteiger partial charge is 0.190 e. The van der Waals surface area contributed by atoms with Crippen molar-refractivity contribution in [2.45, 2.75) is 13.5 Å². The van der Waals surface area contributed by atoms with Crippen LogP contribution in [0.2, 0.25) is 0 Å². The van der Waals surface area contributed by atoms with Gasteiger partial charge in [-0.3, -0.25) is 0 Å². The Morgan fingerprint density at radius 3 is 2.45 bits per heavy atom. The molecule has 0 atom stereocenters. The Kier molecular flexibility index (Phi) is 4.51. The van der Waals surface area contributed by atoms with Crippen LogP contribution in [0.4, 0.5) is 5.69 Å². The topological polar surface area (TPSA) is 37.5 Å². The average Bonchev–Trinajstić information content (AvgIpc) is 2.94. The van der Waals surface area contributed by atoms with Crippen molar-refractivity contribution in [3.8, 4) is 11.3 Å². The van der Waals surface area contributed by atoms with Crippen LogP contribution >= 0.6 is 11.3 Å². The van der Waals surface area contributed by atoms with Crippen LogP contribution in [-0.4, -0.2) is 16.3 Å². The Morgan fingerprint density at radius 2 is 1.77 bits per heavy atom. The molecule has 112 valence electrons. The summed E-state index contributed by atoms with van der Waals surface area (Å²) in [6, 6.07) is 18.3. The largest absolute Gasteiger partial charge is 0.395 e. The molecule has 1 aromatic heterocycles. The van der Waals surface area contributed by atoms with Gasteiger partial charge in [0.25, 0.3) is 0 Å². The molecule has 22 heavy (non-hydrogen) atoms. The fourth-order valence-corrected chi connectivity index (χ4v) is 3.26. The van der Waals surface area contributed by atoms with Crippen LogP contribution in [0.5, 0.6) is 0 Å². The van der Waals surface area contributed by atoms with Gasteiger partial charge in [-0.15, -0.1) is 11.3 Å². The predicted octanol–water partition coefficient (Wildman–Crippen LogP) is 3.75. The lowest BCUT2D eigenvalue weighted by Gasteiger charge is -2.07. The summed E-state index contributed by atoms with van der Waals surface area (Å²) in [4.78, 5) is 5.62. The fourth-order valence-electron chi connectivity index (χ4n) is 2.30. The molecule has 0 radical (unpaired) electrons. The van der Waals surface area contributed by atoms with Gasteiger partial charge in [0.05, 0.1) is 18.0 Å². The molecule has 1 heterocycles. The lowest BCUT2D eigenvalue weighted by atomic mass is 10.2. The number of aliphatic hydroxyl groups is 1. The van der Waals surface area contributed by atoms with Gasteiger partial charge in [-0.25, -0.2) is 4.99 Å². The van der Waals surface area contributed by atoms with Gasteiger partial charge < -0.3 is 9.67 Å². The summed E-state index contributed by atoms with van der Waals surface area (Å²) in [5.74, 6) is 0. The van der Waals surface area contributed by atoms with Gasteiger partial charge in [-0.1, -0.05) is 48.0 Å². The summed E-state index contributed by atoms with van der Waals surface area (Å²) >= 11 is 1.60. The Bertz CT molecular complexity index is 801. The van der Waals surface area contributed by atoms with Crippen molar-refractivity contribution in [1.82, 2.24) is 4.57 Å². The third-order valence-corrected chi connectivity index (χ3v) is 4.31. The van der Waals surface area contributed by atoms with Crippen LogP contribution in [0.3, 0.4) is 0 Å². The lowest BCUT2D eigenvalue weighted by molar-refractivity contribution is 0.275. The standard InChI is InChI=1S/C18H18N2OS/c1-14-7-9-16(10-8-14)19-18-20(11-12-21)17(13-22-18)15-5-3-2-4-6-15/h2-10,13,21H,11-12H2,1H3. The summed E-state index contributed by atoms with van der Waals surface area (Å²) < 4.78 is 2.07. The second kappa shape index (κ2) is 6.73.